The summed E-state index contributed by atoms with van der Waals surface area (Å²) in [6.45, 7) is 5.75. The Morgan fingerprint density at radius 1 is 1.20 bits per heavy atom. The fourth-order valence-electron chi connectivity index (χ4n) is 2.89. The maximum atomic E-state index is 12.3. The summed E-state index contributed by atoms with van der Waals surface area (Å²) in [5.74, 6) is 0.0113. The molecule has 0 atom stereocenters. The van der Waals surface area contributed by atoms with Gasteiger partial charge in [0.2, 0.25) is 0 Å². The number of fused-ring (bicyclic) bond motifs is 1. The van der Waals surface area contributed by atoms with Crippen LogP contribution in [0.3, 0.4) is 0 Å². The Kier molecular flexibility index (Phi) is 4.06. The lowest BCUT2D eigenvalue weighted by Gasteiger charge is -2.22. The molecule has 0 spiro atoms. The van der Waals surface area contributed by atoms with Gasteiger partial charge in [-0.3, -0.25) is 4.79 Å². The highest BCUT2D eigenvalue weighted by Gasteiger charge is 2.17. The number of carbonyl (C=O) groups excluding carboxylic acids is 1. The molecular formula is C15H22N4O. The molecule has 1 aromatic rings. The molecule has 1 fully saturated rings. The first-order chi connectivity index (χ1) is 9.84. The molecule has 3 N–H and O–H groups in total. The lowest BCUT2D eigenvalue weighted by Crippen LogP contribution is -2.34. The number of carbonyl (C=O) groups is 1. The molecule has 2 aliphatic heterocycles. The van der Waals surface area contributed by atoms with Crippen LogP contribution in [0.4, 0.5) is 11.4 Å². The monoisotopic (exact) mass is 274 g/mol. The molecule has 2 heterocycles. The Morgan fingerprint density at radius 2 is 2.00 bits per heavy atom. The first-order valence-electron chi connectivity index (χ1n) is 7.46. The van der Waals surface area contributed by atoms with Crippen molar-refractivity contribution in [1.29, 1.82) is 0 Å². The minimum atomic E-state index is 0.0113. The highest BCUT2D eigenvalue weighted by molar-refractivity contribution is 6.02. The highest BCUT2D eigenvalue weighted by Crippen LogP contribution is 2.28. The Balaban J connectivity index is 1.59. The molecule has 2 aliphatic rings. The zero-order valence-corrected chi connectivity index (χ0v) is 11.7. The zero-order chi connectivity index (χ0) is 13.8. The van der Waals surface area contributed by atoms with Gasteiger partial charge in [-0.2, -0.15) is 0 Å². The number of para-hydroxylation sites is 1. The number of nitrogens with one attached hydrogen (secondary N) is 3. The van der Waals surface area contributed by atoms with E-state index in [1.54, 1.807) is 0 Å². The zero-order valence-electron chi connectivity index (χ0n) is 11.7. The fourth-order valence-corrected chi connectivity index (χ4v) is 2.89. The molecule has 1 amide bonds. The van der Waals surface area contributed by atoms with Crippen LogP contribution >= 0.6 is 0 Å². The predicted octanol–water partition coefficient (Wildman–Crippen LogP) is 1.35. The molecule has 0 unspecified atom stereocenters. The van der Waals surface area contributed by atoms with Crippen molar-refractivity contribution >= 4 is 17.3 Å². The minimum absolute atomic E-state index is 0.0113. The van der Waals surface area contributed by atoms with Crippen LogP contribution in [-0.4, -0.2) is 50.1 Å². The second-order valence-corrected chi connectivity index (χ2v) is 5.39. The fraction of sp³-hybridized carbons (Fsp3) is 0.533. The summed E-state index contributed by atoms with van der Waals surface area (Å²) in [6, 6.07) is 5.81. The van der Waals surface area contributed by atoms with Crippen LogP contribution < -0.4 is 16.0 Å². The van der Waals surface area contributed by atoms with Gasteiger partial charge in [0.15, 0.2) is 0 Å². The number of amides is 1. The van der Waals surface area contributed by atoms with Gasteiger partial charge in [0.25, 0.3) is 5.91 Å². The molecule has 0 aliphatic carbocycles. The van der Waals surface area contributed by atoms with Gasteiger partial charge < -0.3 is 20.9 Å². The maximum absolute atomic E-state index is 12.3. The van der Waals surface area contributed by atoms with E-state index in [0.29, 0.717) is 0 Å². The summed E-state index contributed by atoms with van der Waals surface area (Å²) < 4.78 is 0. The van der Waals surface area contributed by atoms with Crippen LogP contribution in [0.1, 0.15) is 23.2 Å². The summed E-state index contributed by atoms with van der Waals surface area (Å²) in [5, 5.41) is 9.65. The van der Waals surface area contributed by atoms with Crippen LogP contribution in [0.15, 0.2) is 18.2 Å². The smallest absolute Gasteiger partial charge is 0.253 e. The van der Waals surface area contributed by atoms with Gasteiger partial charge in [0.1, 0.15) is 0 Å². The van der Waals surface area contributed by atoms with Gasteiger partial charge in [0.05, 0.1) is 16.9 Å². The van der Waals surface area contributed by atoms with E-state index in [9.17, 15) is 4.79 Å². The molecule has 1 aromatic carbocycles. The first kappa shape index (κ1) is 13.2. The van der Waals surface area contributed by atoms with E-state index in [2.05, 4.69) is 20.9 Å². The van der Waals surface area contributed by atoms with Gasteiger partial charge in [0, 0.05) is 26.2 Å². The molecule has 108 valence electrons. The standard InChI is InChI=1S/C15H22N4O/c20-15(18-8-11-19-9-1-2-10-19)12-4-3-5-13-14(12)17-7-6-16-13/h3-5,16-17H,1-2,6-11H2,(H,18,20). The van der Waals surface area contributed by atoms with E-state index >= 15 is 0 Å². The molecule has 0 saturated carbocycles. The second-order valence-electron chi connectivity index (χ2n) is 5.39. The van der Waals surface area contributed by atoms with Crippen molar-refractivity contribution in [3.63, 3.8) is 0 Å². The summed E-state index contributed by atoms with van der Waals surface area (Å²) in [5.41, 5.74) is 2.68. The van der Waals surface area contributed by atoms with E-state index in [1.165, 1.54) is 25.9 Å². The molecular weight excluding hydrogens is 252 g/mol. The van der Waals surface area contributed by atoms with Crippen molar-refractivity contribution < 1.29 is 4.79 Å². The third-order valence-electron chi connectivity index (χ3n) is 3.96. The van der Waals surface area contributed by atoms with E-state index in [4.69, 9.17) is 0 Å². The van der Waals surface area contributed by atoms with Gasteiger partial charge >= 0.3 is 0 Å². The minimum Gasteiger partial charge on any atom is -0.382 e. The number of benzene rings is 1. The van der Waals surface area contributed by atoms with Crippen LogP contribution in [0, 0.1) is 0 Å². The average molecular weight is 274 g/mol. The SMILES string of the molecule is O=C(NCCN1CCCC1)c1cccc2c1NCCN2. The van der Waals surface area contributed by atoms with Crippen molar-refractivity contribution in [1.82, 2.24) is 10.2 Å². The van der Waals surface area contributed by atoms with E-state index in [0.717, 1.165) is 43.1 Å². The quantitative estimate of drug-likeness (QED) is 0.776. The topological polar surface area (TPSA) is 56.4 Å². The molecule has 3 rings (SSSR count). The molecule has 1 saturated heterocycles. The maximum Gasteiger partial charge on any atom is 0.253 e. The molecule has 0 bridgehead atoms. The Hall–Kier alpha value is -1.75. The largest absolute Gasteiger partial charge is 0.382 e. The van der Waals surface area contributed by atoms with E-state index in [-0.39, 0.29) is 5.91 Å². The Labute approximate surface area is 119 Å². The van der Waals surface area contributed by atoms with Gasteiger partial charge in [-0.15, -0.1) is 0 Å². The number of likely N-dealkylation sites (tertiary alicyclic amines) is 1. The number of hydrogen-bond donors (Lipinski definition) is 3. The summed E-state index contributed by atoms with van der Waals surface area (Å²) in [7, 11) is 0. The number of rotatable bonds is 4. The molecule has 5 nitrogen and oxygen atoms in total. The molecule has 0 radical (unpaired) electrons. The predicted molar refractivity (Wildman–Crippen MR) is 81.4 cm³/mol. The summed E-state index contributed by atoms with van der Waals surface area (Å²) in [6.07, 6.45) is 2.57. The van der Waals surface area contributed by atoms with Crippen molar-refractivity contribution in [2.75, 3.05) is 49.9 Å². The van der Waals surface area contributed by atoms with Crippen molar-refractivity contribution in [3.05, 3.63) is 23.8 Å². The van der Waals surface area contributed by atoms with E-state index < -0.39 is 0 Å². The van der Waals surface area contributed by atoms with Crippen LogP contribution in [-0.2, 0) is 0 Å². The number of nitrogens with zero attached hydrogens (tertiary/aromatic N) is 1. The van der Waals surface area contributed by atoms with Crippen molar-refractivity contribution in [2.24, 2.45) is 0 Å². The highest BCUT2D eigenvalue weighted by atomic mass is 16.1. The van der Waals surface area contributed by atoms with Gasteiger partial charge in [-0.1, -0.05) is 6.07 Å². The molecule has 20 heavy (non-hydrogen) atoms. The average Bonchev–Trinajstić information content (AvgIpc) is 3.00. The lowest BCUT2D eigenvalue weighted by atomic mass is 10.1. The molecule has 5 heteroatoms. The van der Waals surface area contributed by atoms with Crippen LogP contribution in [0.2, 0.25) is 0 Å². The first-order valence-corrected chi connectivity index (χ1v) is 7.46. The van der Waals surface area contributed by atoms with Crippen molar-refractivity contribution in [3.8, 4) is 0 Å². The van der Waals surface area contributed by atoms with Gasteiger partial charge in [-0.05, 0) is 38.1 Å². The normalized spacial score (nSPS) is 18.0. The van der Waals surface area contributed by atoms with Crippen LogP contribution in [0.25, 0.3) is 0 Å². The second kappa shape index (κ2) is 6.13. The number of hydrogen-bond acceptors (Lipinski definition) is 4. The third-order valence-corrected chi connectivity index (χ3v) is 3.96. The number of anilines is 2. The van der Waals surface area contributed by atoms with Gasteiger partial charge in [-0.25, -0.2) is 0 Å². The molecule has 0 aromatic heterocycles. The Bertz CT molecular complexity index is 483. The Morgan fingerprint density at radius 3 is 2.85 bits per heavy atom. The summed E-state index contributed by atoms with van der Waals surface area (Å²) >= 11 is 0. The lowest BCUT2D eigenvalue weighted by molar-refractivity contribution is 0.0950. The van der Waals surface area contributed by atoms with E-state index in [1.807, 2.05) is 18.2 Å². The van der Waals surface area contributed by atoms with Crippen molar-refractivity contribution in [2.45, 2.75) is 12.8 Å². The summed E-state index contributed by atoms with van der Waals surface area (Å²) in [4.78, 5) is 14.7. The third kappa shape index (κ3) is 2.88. The van der Waals surface area contributed by atoms with Crippen LogP contribution in [0.5, 0.6) is 0 Å².